The summed E-state index contributed by atoms with van der Waals surface area (Å²) in [5, 5.41) is 16.7. The van der Waals surface area contributed by atoms with Gasteiger partial charge in [0, 0.05) is 12.6 Å². The Hall–Kier alpha value is -2.91. The SMILES string of the molecule is O=[N+]([O-])c1cnc(NCc2cccc(C(F)(F)F)c2)nc1NC1CC1. The van der Waals surface area contributed by atoms with Gasteiger partial charge in [0.1, 0.15) is 6.20 Å². The molecule has 0 atom stereocenters. The second-order valence-corrected chi connectivity index (χ2v) is 5.65. The van der Waals surface area contributed by atoms with Crippen LogP contribution >= 0.6 is 0 Å². The zero-order valence-electron chi connectivity index (χ0n) is 12.9. The summed E-state index contributed by atoms with van der Waals surface area (Å²) in [6, 6.07) is 5.03. The molecule has 0 spiro atoms. The van der Waals surface area contributed by atoms with Crippen LogP contribution in [0.15, 0.2) is 30.5 Å². The molecule has 132 valence electrons. The number of benzene rings is 1. The highest BCUT2D eigenvalue weighted by molar-refractivity contribution is 5.58. The van der Waals surface area contributed by atoms with Crippen molar-refractivity contribution in [2.45, 2.75) is 31.6 Å². The number of halogens is 3. The van der Waals surface area contributed by atoms with Crippen molar-refractivity contribution in [1.82, 2.24) is 9.97 Å². The molecule has 2 aromatic rings. The summed E-state index contributed by atoms with van der Waals surface area (Å²) in [6.07, 6.45) is -1.52. The van der Waals surface area contributed by atoms with E-state index in [4.69, 9.17) is 0 Å². The molecule has 0 unspecified atom stereocenters. The van der Waals surface area contributed by atoms with Crippen molar-refractivity contribution < 1.29 is 18.1 Å². The van der Waals surface area contributed by atoms with Crippen molar-refractivity contribution in [1.29, 1.82) is 0 Å². The van der Waals surface area contributed by atoms with Gasteiger partial charge in [-0.3, -0.25) is 10.1 Å². The van der Waals surface area contributed by atoms with E-state index in [1.165, 1.54) is 12.1 Å². The Bertz CT molecular complexity index is 793. The molecule has 25 heavy (non-hydrogen) atoms. The maximum Gasteiger partial charge on any atom is 0.416 e. The normalized spacial score (nSPS) is 14.2. The van der Waals surface area contributed by atoms with Crippen molar-refractivity contribution in [2.24, 2.45) is 0 Å². The largest absolute Gasteiger partial charge is 0.416 e. The van der Waals surface area contributed by atoms with E-state index in [1.54, 1.807) is 0 Å². The lowest BCUT2D eigenvalue weighted by Gasteiger charge is -2.10. The predicted molar refractivity (Wildman–Crippen MR) is 84.1 cm³/mol. The minimum Gasteiger partial charge on any atom is -0.361 e. The molecule has 10 heteroatoms. The van der Waals surface area contributed by atoms with E-state index < -0.39 is 16.7 Å². The van der Waals surface area contributed by atoms with Crippen LogP contribution in [0.25, 0.3) is 0 Å². The third-order valence-corrected chi connectivity index (χ3v) is 3.59. The average molecular weight is 353 g/mol. The number of rotatable bonds is 6. The monoisotopic (exact) mass is 353 g/mol. The van der Waals surface area contributed by atoms with E-state index in [1.807, 2.05) is 0 Å². The van der Waals surface area contributed by atoms with Gasteiger partial charge in [-0.05, 0) is 30.5 Å². The lowest BCUT2D eigenvalue weighted by Crippen LogP contribution is -2.11. The van der Waals surface area contributed by atoms with Crippen molar-refractivity contribution in [3.8, 4) is 0 Å². The molecule has 1 fully saturated rings. The molecule has 1 saturated carbocycles. The van der Waals surface area contributed by atoms with E-state index in [-0.39, 0.29) is 30.0 Å². The Morgan fingerprint density at radius 3 is 2.72 bits per heavy atom. The summed E-state index contributed by atoms with van der Waals surface area (Å²) >= 11 is 0. The highest BCUT2D eigenvalue weighted by atomic mass is 19.4. The quantitative estimate of drug-likeness (QED) is 0.609. The van der Waals surface area contributed by atoms with Gasteiger partial charge < -0.3 is 10.6 Å². The number of nitrogens with zero attached hydrogens (tertiary/aromatic N) is 3. The number of nitro groups is 1. The zero-order chi connectivity index (χ0) is 18.0. The number of aromatic nitrogens is 2. The van der Waals surface area contributed by atoms with E-state index >= 15 is 0 Å². The van der Waals surface area contributed by atoms with Gasteiger partial charge in [-0.2, -0.15) is 18.2 Å². The topological polar surface area (TPSA) is 93.0 Å². The number of alkyl halides is 3. The minimum atomic E-state index is -4.42. The summed E-state index contributed by atoms with van der Waals surface area (Å²) in [6.45, 7) is 0.0601. The molecule has 1 aromatic heterocycles. The zero-order valence-corrected chi connectivity index (χ0v) is 12.9. The van der Waals surface area contributed by atoms with E-state index in [0.717, 1.165) is 31.2 Å². The van der Waals surface area contributed by atoms with Gasteiger partial charge in [0.25, 0.3) is 0 Å². The first-order chi connectivity index (χ1) is 11.8. The van der Waals surface area contributed by atoms with Gasteiger partial charge in [-0.1, -0.05) is 12.1 Å². The van der Waals surface area contributed by atoms with Crippen molar-refractivity contribution in [3.05, 3.63) is 51.7 Å². The van der Waals surface area contributed by atoms with Gasteiger partial charge in [-0.15, -0.1) is 0 Å². The highest BCUT2D eigenvalue weighted by Gasteiger charge is 2.30. The van der Waals surface area contributed by atoms with Crippen LogP contribution in [-0.2, 0) is 12.7 Å². The molecule has 3 rings (SSSR count). The summed E-state index contributed by atoms with van der Waals surface area (Å²) < 4.78 is 38.1. The van der Waals surface area contributed by atoms with Gasteiger partial charge in [0.15, 0.2) is 0 Å². The van der Waals surface area contributed by atoms with Crippen molar-refractivity contribution >= 4 is 17.5 Å². The van der Waals surface area contributed by atoms with Crippen molar-refractivity contribution in [2.75, 3.05) is 10.6 Å². The summed E-state index contributed by atoms with van der Waals surface area (Å²) in [7, 11) is 0. The van der Waals surface area contributed by atoms with Crippen LogP contribution in [0.5, 0.6) is 0 Å². The number of nitrogens with one attached hydrogen (secondary N) is 2. The molecule has 7 nitrogen and oxygen atoms in total. The molecular weight excluding hydrogens is 339 g/mol. The van der Waals surface area contributed by atoms with Crippen LogP contribution in [0.3, 0.4) is 0 Å². The lowest BCUT2D eigenvalue weighted by atomic mass is 10.1. The molecule has 0 radical (unpaired) electrons. The molecule has 2 N–H and O–H groups in total. The van der Waals surface area contributed by atoms with E-state index in [0.29, 0.717) is 5.56 Å². The first-order valence-electron chi connectivity index (χ1n) is 7.51. The first-order valence-corrected chi connectivity index (χ1v) is 7.51. The Kier molecular flexibility index (Phi) is 4.43. The average Bonchev–Trinajstić information content (AvgIpc) is 3.36. The van der Waals surface area contributed by atoms with Gasteiger partial charge >= 0.3 is 11.9 Å². The fraction of sp³-hybridized carbons (Fsp3) is 0.333. The van der Waals surface area contributed by atoms with Crippen LogP contribution in [-0.4, -0.2) is 20.9 Å². The van der Waals surface area contributed by atoms with Crippen molar-refractivity contribution in [3.63, 3.8) is 0 Å². The van der Waals surface area contributed by atoms with Crippen LogP contribution in [0, 0.1) is 10.1 Å². The molecule has 1 aromatic carbocycles. The standard InChI is InChI=1S/C15H14F3N5O2/c16-15(17,18)10-3-1-2-9(6-10)7-19-14-20-8-12(23(24)25)13(22-14)21-11-4-5-11/h1-3,6,8,11H,4-5,7H2,(H2,19,20,21,22). The van der Waals surface area contributed by atoms with Crippen LogP contribution < -0.4 is 10.6 Å². The first kappa shape index (κ1) is 16.9. The number of hydrogen-bond donors (Lipinski definition) is 2. The van der Waals surface area contributed by atoms with Gasteiger partial charge in [-0.25, -0.2) is 4.98 Å². The molecule has 1 aliphatic rings. The summed E-state index contributed by atoms with van der Waals surface area (Å²) in [5.74, 6) is 0.209. The lowest BCUT2D eigenvalue weighted by molar-refractivity contribution is -0.384. The molecule has 0 aliphatic heterocycles. The molecule has 0 amide bonds. The van der Waals surface area contributed by atoms with Gasteiger partial charge in [0.2, 0.25) is 11.8 Å². The maximum atomic E-state index is 12.7. The highest BCUT2D eigenvalue weighted by Crippen LogP contribution is 2.31. The third kappa shape index (κ3) is 4.34. The van der Waals surface area contributed by atoms with Crippen LogP contribution in [0.4, 0.5) is 30.6 Å². The summed E-state index contributed by atoms with van der Waals surface area (Å²) in [5.41, 5.74) is -0.586. The van der Waals surface area contributed by atoms with Crippen LogP contribution in [0.1, 0.15) is 24.0 Å². The second kappa shape index (κ2) is 6.54. The molecular formula is C15H14F3N5O2. The molecule has 0 bridgehead atoms. The van der Waals surface area contributed by atoms with Gasteiger partial charge in [0.05, 0.1) is 10.5 Å². The number of hydrogen-bond acceptors (Lipinski definition) is 6. The Morgan fingerprint density at radius 1 is 1.32 bits per heavy atom. The van der Waals surface area contributed by atoms with Crippen LogP contribution in [0.2, 0.25) is 0 Å². The minimum absolute atomic E-state index is 0.0601. The molecule has 1 aliphatic carbocycles. The molecule has 1 heterocycles. The fourth-order valence-electron chi connectivity index (χ4n) is 2.16. The number of anilines is 2. The predicted octanol–water partition coefficient (Wildman–Crippen LogP) is 3.59. The maximum absolute atomic E-state index is 12.7. The smallest absolute Gasteiger partial charge is 0.361 e. The Morgan fingerprint density at radius 2 is 2.08 bits per heavy atom. The molecule has 0 saturated heterocycles. The summed E-state index contributed by atoms with van der Waals surface area (Å²) in [4.78, 5) is 18.3. The Balaban J connectivity index is 1.73. The third-order valence-electron chi connectivity index (χ3n) is 3.59. The van der Waals surface area contributed by atoms with E-state index in [9.17, 15) is 23.3 Å². The fourth-order valence-corrected chi connectivity index (χ4v) is 2.16. The second-order valence-electron chi connectivity index (χ2n) is 5.65. The Labute approximate surface area is 140 Å². The van der Waals surface area contributed by atoms with E-state index in [2.05, 4.69) is 20.6 Å².